The molecule has 0 amide bonds. The Morgan fingerprint density at radius 2 is 2.13 bits per heavy atom. The van der Waals surface area contributed by atoms with E-state index in [1.165, 1.54) is 4.31 Å². The average Bonchev–Trinajstić information content (AvgIpc) is 2.77. The second kappa shape index (κ2) is 9.81. The summed E-state index contributed by atoms with van der Waals surface area (Å²) < 4.78 is 34.6. The van der Waals surface area contributed by atoms with Crippen LogP contribution in [0, 0.1) is 5.92 Å². The van der Waals surface area contributed by atoms with Crippen LogP contribution in [-0.4, -0.2) is 61.3 Å². The fourth-order valence-electron chi connectivity index (χ4n) is 4.66. The molecule has 2 aliphatic rings. The molecule has 1 aliphatic heterocycles. The zero-order valence-electron chi connectivity index (χ0n) is 18.2. The second-order valence-corrected chi connectivity index (χ2v) is 10.6. The number of benzene rings is 1. The van der Waals surface area contributed by atoms with Gasteiger partial charge in [0.2, 0.25) is 10.0 Å². The van der Waals surface area contributed by atoms with Gasteiger partial charge in [-0.1, -0.05) is 38.0 Å². The van der Waals surface area contributed by atoms with Gasteiger partial charge in [-0.3, -0.25) is 0 Å². The third-order valence-electron chi connectivity index (χ3n) is 6.33. The van der Waals surface area contributed by atoms with Gasteiger partial charge >= 0.3 is 0 Å². The van der Waals surface area contributed by atoms with Gasteiger partial charge in [-0.25, -0.2) is 13.4 Å². The van der Waals surface area contributed by atoms with Crippen molar-refractivity contribution in [3.63, 3.8) is 0 Å². The molecule has 1 saturated heterocycles. The van der Waals surface area contributed by atoms with E-state index in [-0.39, 0.29) is 17.1 Å². The Labute approximate surface area is 184 Å². The number of rotatable bonds is 7. The zero-order chi connectivity index (χ0) is 21.8. The first kappa shape index (κ1) is 22.5. The number of fused-ring (bicyclic) bond motifs is 1. The predicted molar refractivity (Wildman–Crippen MR) is 122 cm³/mol. The lowest BCUT2D eigenvalue weighted by Crippen LogP contribution is -2.45. The highest BCUT2D eigenvalue weighted by Gasteiger charge is 2.33. The lowest BCUT2D eigenvalue weighted by atomic mass is 9.87. The number of para-hydroxylation sites is 1. The lowest BCUT2D eigenvalue weighted by molar-refractivity contribution is -0.00579. The van der Waals surface area contributed by atoms with Crippen LogP contribution in [0.4, 0.5) is 5.82 Å². The van der Waals surface area contributed by atoms with Crippen LogP contribution in [0.3, 0.4) is 0 Å². The molecule has 2 aromatic rings. The Morgan fingerprint density at radius 3 is 2.94 bits per heavy atom. The fraction of sp³-hybridized carbons (Fsp3) is 0.609. The Bertz CT molecular complexity index is 995. The van der Waals surface area contributed by atoms with Gasteiger partial charge in [0, 0.05) is 25.0 Å². The Morgan fingerprint density at radius 1 is 1.29 bits per heavy atom. The summed E-state index contributed by atoms with van der Waals surface area (Å²) in [5.41, 5.74) is 0.762. The number of hydrogen-bond acceptors (Lipinski definition) is 6. The number of aromatic nitrogens is 1. The quantitative estimate of drug-likeness (QED) is 0.676. The highest BCUT2D eigenvalue weighted by molar-refractivity contribution is 7.89. The normalized spacial score (nSPS) is 25.5. The maximum Gasteiger partial charge on any atom is 0.246 e. The number of morpholine rings is 1. The summed E-state index contributed by atoms with van der Waals surface area (Å²) in [7, 11) is -3.72. The van der Waals surface area contributed by atoms with Crippen molar-refractivity contribution in [1.29, 1.82) is 0 Å². The molecule has 2 N–H and O–H groups in total. The van der Waals surface area contributed by atoms with Gasteiger partial charge in [-0.2, -0.15) is 4.31 Å². The minimum Gasteiger partial charge on any atom is -0.393 e. The van der Waals surface area contributed by atoms with Gasteiger partial charge in [0.1, 0.15) is 10.7 Å². The van der Waals surface area contributed by atoms with Crippen LogP contribution in [-0.2, 0) is 14.8 Å². The highest BCUT2D eigenvalue weighted by atomic mass is 32.2. The molecule has 170 valence electrons. The molecular formula is C23H33N3O4S. The number of aliphatic hydroxyl groups is 1. The molecule has 8 heteroatoms. The number of anilines is 1. The molecule has 2 heterocycles. The van der Waals surface area contributed by atoms with E-state index in [4.69, 9.17) is 4.74 Å². The molecule has 1 saturated carbocycles. The molecule has 1 aromatic heterocycles. The van der Waals surface area contributed by atoms with E-state index in [0.29, 0.717) is 38.0 Å². The maximum absolute atomic E-state index is 13.7. The summed E-state index contributed by atoms with van der Waals surface area (Å²) in [6.07, 6.45) is 5.08. The first-order valence-electron chi connectivity index (χ1n) is 11.4. The number of sulfonamides is 1. The molecule has 31 heavy (non-hydrogen) atoms. The minimum atomic E-state index is -3.72. The van der Waals surface area contributed by atoms with Crippen molar-refractivity contribution in [1.82, 2.24) is 9.29 Å². The first-order chi connectivity index (χ1) is 15.0. The standard InChI is InChI=1S/C23H33N3O4S/c1-2-6-20-16-26(11-12-30-20)31(28,29)22-14-18-8-3-4-10-21(18)25-23(22)24-15-17-7-5-9-19(27)13-17/h3-4,8,10,14,17,19-20,27H,2,5-7,9,11-13,15-16H2,1H3,(H,24,25)/t17-,19+,20?/m1/s1. The minimum absolute atomic E-state index is 0.0675. The smallest absolute Gasteiger partial charge is 0.246 e. The monoisotopic (exact) mass is 447 g/mol. The van der Waals surface area contributed by atoms with Gasteiger partial charge in [-0.05, 0) is 43.7 Å². The third-order valence-corrected chi connectivity index (χ3v) is 8.21. The van der Waals surface area contributed by atoms with Gasteiger partial charge in [0.25, 0.3) is 0 Å². The number of ether oxygens (including phenoxy) is 1. The van der Waals surface area contributed by atoms with E-state index in [1.54, 1.807) is 6.07 Å². The van der Waals surface area contributed by atoms with Gasteiger partial charge in [-0.15, -0.1) is 0 Å². The molecule has 1 aliphatic carbocycles. The fourth-order valence-corrected chi connectivity index (χ4v) is 6.25. The summed E-state index contributed by atoms with van der Waals surface area (Å²) in [4.78, 5) is 4.91. The highest BCUT2D eigenvalue weighted by Crippen LogP contribution is 2.30. The third kappa shape index (κ3) is 5.19. The SMILES string of the molecule is CCCC1CN(S(=O)(=O)c2cc3ccccc3nc2NC[C@@H]2CCC[C@H](O)C2)CCO1. The van der Waals surface area contributed by atoms with Crippen molar-refractivity contribution < 1.29 is 18.3 Å². The number of aliphatic hydroxyl groups excluding tert-OH is 1. The van der Waals surface area contributed by atoms with Crippen LogP contribution in [0.2, 0.25) is 0 Å². The van der Waals surface area contributed by atoms with Crippen molar-refractivity contribution in [3.8, 4) is 0 Å². The molecule has 1 unspecified atom stereocenters. The van der Waals surface area contributed by atoms with E-state index in [9.17, 15) is 13.5 Å². The summed E-state index contributed by atoms with van der Waals surface area (Å²) in [6, 6.07) is 9.32. The van der Waals surface area contributed by atoms with E-state index in [1.807, 2.05) is 24.3 Å². The maximum atomic E-state index is 13.7. The van der Waals surface area contributed by atoms with Crippen LogP contribution in [0.15, 0.2) is 35.2 Å². The van der Waals surface area contributed by atoms with E-state index < -0.39 is 10.0 Å². The Kier molecular flexibility index (Phi) is 7.11. The number of nitrogens with one attached hydrogen (secondary N) is 1. The van der Waals surface area contributed by atoms with E-state index in [2.05, 4.69) is 17.2 Å². The molecule has 0 spiro atoms. The van der Waals surface area contributed by atoms with Crippen molar-refractivity contribution in [2.45, 2.75) is 62.6 Å². The van der Waals surface area contributed by atoms with Crippen molar-refractivity contribution in [2.24, 2.45) is 5.92 Å². The van der Waals surface area contributed by atoms with Crippen LogP contribution in [0.1, 0.15) is 45.4 Å². The van der Waals surface area contributed by atoms with Crippen molar-refractivity contribution >= 4 is 26.7 Å². The average molecular weight is 448 g/mol. The zero-order valence-corrected chi connectivity index (χ0v) is 19.0. The molecule has 0 bridgehead atoms. The van der Waals surface area contributed by atoms with Crippen molar-refractivity contribution in [2.75, 3.05) is 31.6 Å². The summed E-state index contributed by atoms with van der Waals surface area (Å²) >= 11 is 0. The molecule has 2 fully saturated rings. The number of nitrogens with zero attached hydrogens (tertiary/aromatic N) is 2. The van der Waals surface area contributed by atoms with E-state index in [0.717, 1.165) is 49.4 Å². The lowest BCUT2D eigenvalue weighted by Gasteiger charge is -2.32. The molecule has 7 nitrogen and oxygen atoms in total. The van der Waals surface area contributed by atoms with Crippen LogP contribution < -0.4 is 5.32 Å². The summed E-state index contributed by atoms with van der Waals surface area (Å²) in [5.74, 6) is 0.710. The van der Waals surface area contributed by atoms with Crippen LogP contribution in [0.25, 0.3) is 10.9 Å². The van der Waals surface area contributed by atoms with Gasteiger partial charge in [0.15, 0.2) is 0 Å². The summed E-state index contributed by atoms with van der Waals surface area (Å²) in [6.45, 7) is 3.81. The summed E-state index contributed by atoms with van der Waals surface area (Å²) in [5, 5.41) is 14.1. The molecule has 1 aromatic carbocycles. The predicted octanol–water partition coefficient (Wildman–Crippen LogP) is 3.39. The van der Waals surface area contributed by atoms with Gasteiger partial charge < -0.3 is 15.2 Å². The largest absolute Gasteiger partial charge is 0.393 e. The Balaban J connectivity index is 1.63. The van der Waals surface area contributed by atoms with Crippen molar-refractivity contribution in [3.05, 3.63) is 30.3 Å². The first-order valence-corrected chi connectivity index (χ1v) is 12.8. The van der Waals surface area contributed by atoms with Crippen LogP contribution >= 0.6 is 0 Å². The molecule has 0 radical (unpaired) electrons. The number of pyridine rings is 1. The number of hydrogen-bond donors (Lipinski definition) is 2. The van der Waals surface area contributed by atoms with E-state index >= 15 is 0 Å². The molecule has 4 rings (SSSR count). The van der Waals surface area contributed by atoms with Crippen LogP contribution in [0.5, 0.6) is 0 Å². The molecular weight excluding hydrogens is 414 g/mol. The van der Waals surface area contributed by atoms with Gasteiger partial charge in [0.05, 0.1) is 24.3 Å². The topological polar surface area (TPSA) is 91.8 Å². The Hall–Kier alpha value is -1.74. The second-order valence-electron chi connectivity index (χ2n) is 8.74. The molecule has 3 atom stereocenters.